The molecule has 0 radical (unpaired) electrons. The van der Waals surface area contributed by atoms with Gasteiger partial charge in [-0.3, -0.25) is 0 Å². The molecule has 0 spiro atoms. The Hall–Kier alpha value is -1.32. The minimum atomic E-state index is -0.572. The highest BCUT2D eigenvalue weighted by atomic mass is 16.3. The van der Waals surface area contributed by atoms with Crippen molar-refractivity contribution in [2.75, 3.05) is 13.1 Å². The van der Waals surface area contributed by atoms with Crippen molar-refractivity contribution in [2.24, 2.45) is 0 Å². The third kappa shape index (κ3) is 1.72. The second-order valence-electron chi connectivity index (χ2n) is 4.62. The maximum Gasteiger partial charge on any atom is 0.133 e. The summed E-state index contributed by atoms with van der Waals surface area (Å²) in [4.78, 5) is 0. The van der Waals surface area contributed by atoms with Crippen LogP contribution in [0.5, 0.6) is 0 Å². The van der Waals surface area contributed by atoms with Gasteiger partial charge in [-0.05, 0) is 36.7 Å². The lowest BCUT2D eigenvalue weighted by Crippen LogP contribution is -2.33. The first-order valence-electron chi connectivity index (χ1n) is 5.64. The molecule has 3 rings (SSSR count). The summed E-state index contributed by atoms with van der Waals surface area (Å²) < 4.78 is 5.29. The zero-order valence-electron chi connectivity index (χ0n) is 9.07. The van der Waals surface area contributed by atoms with E-state index in [0.717, 1.165) is 23.9 Å². The first-order chi connectivity index (χ1) is 7.75. The van der Waals surface area contributed by atoms with Gasteiger partial charge in [0.25, 0.3) is 0 Å². The molecule has 0 saturated carbocycles. The molecule has 1 aromatic carbocycles. The van der Waals surface area contributed by atoms with Gasteiger partial charge < -0.3 is 14.8 Å². The van der Waals surface area contributed by atoms with Gasteiger partial charge in [0.15, 0.2) is 0 Å². The van der Waals surface area contributed by atoms with Crippen LogP contribution >= 0.6 is 0 Å². The largest absolute Gasteiger partial charge is 0.464 e. The molecular formula is C13H15NO2. The Labute approximate surface area is 94.1 Å². The Kier molecular flexibility index (Phi) is 2.23. The van der Waals surface area contributed by atoms with E-state index in [4.69, 9.17) is 4.42 Å². The van der Waals surface area contributed by atoms with Gasteiger partial charge in [-0.1, -0.05) is 6.07 Å². The van der Waals surface area contributed by atoms with Crippen LogP contribution < -0.4 is 5.32 Å². The summed E-state index contributed by atoms with van der Waals surface area (Å²) in [6, 6.07) is 8.05. The maximum atomic E-state index is 10.3. The predicted molar refractivity (Wildman–Crippen MR) is 62.4 cm³/mol. The molecule has 3 heteroatoms. The van der Waals surface area contributed by atoms with E-state index in [2.05, 4.69) is 11.4 Å². The molecule has 1 atom stereocenters. The van der Waals surface area contributed by atoms with Crippen LogP contribution in [0.4, 0.5) is 0 Å². The number of furan rings is 1. The van der Waals surface area contributed by atoms with Gasteiger partial charge in [0.05, 0.1) is 11.9 Å². The standard InChI is InChI=1S/C13H15NO2/c15-13(4-5-14-9-13)8-10-1-2-12-11(7-10)3-6-16-12/h1-3,6-7,14-15H,4-5,8-9H2. The number of rotatable bonds is 2. The van der Waals surface area contributed by atoms with Gasteiger partial charge in [-0.2, -0.15) is 0 Å². The number of fused-ring (bicyclic) bond motifs is 1. The molecule has 0 amide bonds. The Morgan fingerprint density at radius 2 is 2.31 bits per heavy atom. The summed E-state index contributed by atoms with van der Waals surface area (Å²) >= 11 is 0. The molecule has 1 aromatic heterocycles. The van der Waals surface area contributed by atoms with Crippen molar-refractivity contribution < 1.29 is 9.52 Å². The van der Waals surface area contributed by atoms with Crippen molar-refractivity contribution in [1.82, 2.24) is 5.32 Å². The molecule has 1 aliphatic heterocycles. The Bertz CT molecular complexity index is 497. The highest BCUT2D eigenvalue weighted by Crippen LogP contribution is 2.23. The summed E-state index contributed by atoms with van der Waals surface area (Å²) in [5.41, 5.74) is 1.50. The van der Waals surface area contributed by atoms with Crippen LogP contribution in [0.15, 0.2) is 34.9 Å². The molecule has 2 heterocycles. The zero-order chi connectivity index (χ0) is 11.0. The Morgan fingerprint density at radius 1 is 1.38 bits per heavy atom. The van der Waals surface area contributed by atoms with Crippen molar-refractivity contribution in [3.63, 3.8) is 0 Å². The molecule has 1 aliphatic rings. The minimum absolute atomic E-state index is 0.572. The molecular weight excluding hydrogens is 202 g/mol. The van der Waals surface area contributed by atoms with Crippen molar-refractivity contribution >= 4 is 11.0 Å². The van der Waals surface area contributed by atoms with Gasteiger partial charge in [0, 0.05) is 18.4 Å². The number of hydrogen-bond donors (Lipinski definition) is 2. The number of benzene rings is 1. The van der Waals surface area contributed by atoms with E-state index in [1.807, 2.05) is 18.2 Å². The molecule has 1 fully saturated rings. The van der Waals surface area contributed by atoms with E-state index in [9.17, 15) is 5.11 Å². The zero-order valence-corrected chi connectivity index (χ0v) is 9.07. The summed E-state index contributed by atoms with van der Waals surface area (Å²) in [5.74, 6) is 0. The number of hydrogen-bond acceptors (Lipinski definition) is 3. The molecule has 84 valence electrons. The smallest absolute Gasteiger partial charge is 0.133 e. The molecule has 16 heavy (non-hydrogen) atoms. The fourth-order valence-corrected chi connectivity index (χ4v) is 2.39. The third-order valence-corrected chi connectivity index (χ3v) is 3.27. The van der Waals surface area contributed by atoms with Gasteiger partial charge in [-0.15, -0.1) is 0 Å². The predicted octanol–water partition coefficient (Wildman–Crippen LogP) is 1.70. The van der Waals surface area contributed by atoms with Crippen LogP contribution in [0.2, 0.25) is 0 Å². The van der Waals surface area contributed by atoms with Crippen molar-refractivity contribution in [1.29, 1.82) is 0 Å². The highest BCUT2D eigenvalue weighted by molar-refractivity contribution is 5.77. The second-order valence-corrected chi connectivity index (χ2v) is 4.62. The van der Waals surface area contributed by atoms with Crippen LogP contribution in [-0.4, -0.2) is 23.8 Å². The summed E-state index contributed by atoms with van der Waals surface area (Å²) in [5, 5.41) is 14.6. The summed E-state index contributed by atoms with van der Waals surface area (Å²) in [6.07, 6.45) is 3.23. The van der Waals surface area contributed by atoms with E-state index in [1.165, 1.54) is 5.56 Å². The van der Waals surface area contributed by atoms with Crippen molar-refractivity contribution in [2.45, 2.75) is 18.4 Å². The van der Waals surface area contributed by atoms with E-state index < -0.39 is 5.60 Å². The van der Waals surface area contributed by atoms with Gasteiger partial charge >= 0.3 is 0 Å². The van der Waals surface area contributed by atoms with Crippen LogP contribution in [0.25, 0.3) is 11.0 Å². The number of β-amino-alcohol motifs (C(OH)–C–C–N with tert-alkyl or cyclic N) is 1. The summed E-state index contributed by atoms with van der Waals surface area (Å²) in [6.45, 7) is 1.60. The van der Waals surface area contributed by atoms with Crippen molar-refractivity contribution in [3.05, 3.63) is 36.1 Å². The molecule has 2 N–H and O–H groups in total. The molecule has 1 saturated heterocycles. The Balaban J connectivity index is 1.88. The monoisotopic (exact) mass is 217 g/mol. The van der Waals surface area contributed by atoms with E-state index in [1.54, 1.807) is 6.26 Å². The highest BCUT2D eigenvalue weighted by Gasteiger charge is 2.30. The number of aliphatic hydroxyl groups is 1. The van der Waals surface area contributed by atoms with Crippen LogP contribution in [-0.2, 0) is 6.42 Å². The molecule has 2 aromatic rings. The lowest BCUT2D eigenvalue weighted by Gasteiger charge is -2.21. The van der Waals surface area contributed by atoms with Crippen LogP contribution in [0.3, 0.4) is 0 Å². The molecule has 0 aliphatic carbocycles. The SMILES string of the molecule is OC1(Cc2ccc3occc3c2)CCNC1. The van der Waals surface area contributed by atoms with E-state index in [0.29, 0.717) is 13.0 Å². The topological polar surface area (TPSA) is 45.4 Å². The fourth-order valence-electron chi connectivity index (χ4n) is 2.39. The number of nitrogens with one attached hydrogen (secondary N) is 1. The fraction of sp³-hybridized carbons (Fsp3) is 0.385. The quantitative estimate of drug-likeness (QED) is 0.804. The second kappa shape index (κ2) is 3.61. The molecule has 1 unspecified atom stereocenters. The lowest BCUT2D eigenvalue weighted by molar-refractivity contribution is 0.0619. The van der Waals surface area contributed by atoms with Gasteiger partial charge in [-0.25, -0.2) is 0 Å². The van der Waals surface area contributed by atoms with Crippen LogP contribution in [0, 0.1) is 0 Å². The minimum Gasteiger partial charge on any atom is -0.464 e. The average Bonchev–Trinajstić information content (AvgIpc) is 2.86. The maximum absolute atomic E-state index is 10.3. The molecule has 0 bridgehead atoms. The first kappa shape index (κ1) is 9.87. The van der Waals surface area contributed by atoms with Gasteiger partial charge in [0.2, 0.25) is 0 Å². The first-order valence-corrected chi connectivity index (χ1v) is 5.64. The van der Waals surface area contributed by atoms with E-state index >= 15 is 0 Å². The Morgan fingerprint density at radius 3 is 3.12 bits per heavy atom. The summed E-state index contributed by atoms with van der Waals surface area (Å²) in [7, 11) is 0. The third-order valence-electron chi connectivity index (χ3n) is 3.27. The average molecular weight is 217 g/mol. The van der Waals surface area contributed by atoms with E-state index in [-0.39, 0.29) is 0 Å². The molecule has 3 nitrogen and oxygen atoms in total. The lowest BCUT2D eigenvalue weighted by atomic mass is 9.93. The van der Waals surface area contributed by atoms with Gasteiger partial charge in [0.1, 0.15) is 5.58 Å². The normalized spacial score (nSPS) is 25.3. The van der Waals surface area contributed by atoms with Crippen LogP contribution in [0.1, 0.15) is 12.0 Å². The van der Waals surface area contributed by atoms with Crippen molar-refractivity contribution in [3.8, 4) is 0 Å².